The lowest BCUT2D eigenvalue weighted by Crippen LogP contribution is -2.23. The lowest BCUT2D eigenvalue weighted by molar-refractivity contribution is 0.164. The summed E-state index contributed by atoms with van der Waals surface area (Å²) in [6.45, 7) is 1.57. The summed E-state index contributed by atoms with van der Waals surface area (Å²) in [6.07, 6.45) is -0.696. The van der Waals surface area contributed by atoms with Gasteiger partial charge in [0.15, 0.2) is 0 Å². The molecule has 0 spiro atoms. The zero-order valence-corrected chi connectivity index (χ0v) is 8.75. The molecule has 1 aromatic rings. The van der Waals surface area contributed by atoms with E-state index in [4.69, 9.17) is 5.73 Å². The van der Waals surface area contributed by atoms with Crippen LogP contribution in [0.2, 0.25) is 0 Å². The predicted molar refractivity (Wildman–Crippen MR) is 52.7 cm³/mol. The molecule has 0 heterocycles. The Morgan fingerprint density at radius 1 is 1.54 bits per heavy atom. The van der Waals surface area contributed by atoms with Gasteiger partial charge in [0.1, 0.15) is 5.82 Å². The number of aliphatic hydroxyl groups is 1. The van der Waals surface area contributed by atoms with Crippen LogP contribution in [0.3, 0.4) is 0 Å². The Morgan fingerprint density at radius 2 is 2.15 bits per heavy atom. The van der Waals surface area contributed by atoms with Crippen LogP contribution in [0.15, 0.2) is 22.7 Å². The monoisotopic (exact) mass is 247 g/mol. The SMILES string of the molecule is CC(O)[C@@H](N)c1cc(F)ccc1Br. The molecular formula is C9H11BrFNO. The summed E-state index contributed by atoms with van der Waals surface area (Å²) in [4.78, 5) is 0. The first kappa shape index (κ1) is 10.6. The average molecular weight is 248 g/mol. The number of nitrogens with two attached hydrogens (primary N) is 1. The predicted octanol–water partition coefficient (Wildman–Crippen LogP) is 1.97. The van der Waals surface area contributed by atoms with Gasteiger partial charge in [0.2, 0.25) is 0 Å². The van der Waals surface area contributed by atoms with Crippen molar-refractivity contribution in [3.05, 3.63) is 34.1 Å². The molecule has 0 bridgehead atoms. The molecule has 3 N–H and O–H groups in total. The molecule has 0 radical (unpaired) electrons. The molecule has 1 rings (SSSR count). The molecule has 1 aromatic carbocycles. The number of hydrogen-bond donors (Lipinski definition) is 2. The number of hydrogen-bond acceptors (Lipinski definition) is 2. The fourth-order valence-corrected chi connectivity index (χ4v) is 1.54. The fraction of sp³-hybridized carbons (Fsp3) is 0.333. The first-order valence-electron chi connectivity index (χ1n) is 3.91. The third-order valence-electron chi connectivity index (χ3n) is 1.84. The normalized spacial score (nSPS) is 15.5. The van der Waals surface area contributed by atoms with E-state index in [1.807, 2.05) is 0 Å². The van der Waals surface area contributed by atoms with Crippen molar-refractivity contribution in [3.63, 3.8) is 0 Å². The lowest BCUT2D eigenvalue weighted by Gasteiger charge is -2.16. The van der Waals surface area contributed by atoms with Crippen molar-refractivity contribution < 1.29 is 9.50 Å². The maximum absolute atomic E-state index is 12.8. The minimum Gasteiger partial charge on any atom is -0.391 e. The summed E-state index contributed by atoms with van der Waals surface area (Å²) in [5, 5.41) is 9.22. The molecule has 0 fully saturated rings. The topological polar surface area (TPSA) is 46.2 Å². The maximum atomic E-state index is 12.8. The van der Waals surface area contributed by atoms with Crippen LogP contribution in [0.25, 0.3) is 0 Å². The van der Waals surface area contributed by atoms with Crippen LogP contribution in [0, 0.1) is 5.82 Å². The van der Waals surface area contributed by atoms with Gasteiger partial charge in [-0.05, 0) is 30.7 Å². The largest absolute Gasteiger partial charge is 0.391 e. The van der Waals surface area contributed by atoms with Gasteiger partial charge in [0, 0.05) is 4.47 Å². The summed E-state index contributed by atoms with van der Waals surface area (Å²) in [5.74, 6) is -0.352. The molecule has 13 heavy (non-hydrogen) atoms. The van der Waals surface area contributed by atoms with E-state index in [1.54, 1.807) is 13.0 Å². The summed E-state index contributed by atoms with van der Waals surface area (Å²) in [5.41, 5.74) is 6.24. The van der Waals surface area contributed by atoms with Crippen molar-refractivity contribution in [1.82, 2.24) is 0 Å². The zero-order valence-electron chi connectivity index (χ0n) is 7.17. The van der Waals surface area contributed by atoms with Crippen molar-refractivity contribution in [1.29, 1.82) is 0 Å². The first-order valence-corrected chi connectivity index (χ1v) is 4.70. The zero-order chi connectivity index (χ0) is 10.0. The molecule has 0 aliphatic rings. The standard InChI is InChI=1S/C9H11BrFNO/c1-5(13)9(12)7-4-6(11)2-3-8(7)10/h2-5,9,13H,12H2,1H3/t5?,9-/m1/s1. The van der Waals surface area contributed by atoms with Gasteiger partial charge >= 0.3 is 0 Å². The number of halogens is 2. The van der Waals surface area contributed by atoms with Crippen LogP contribution in [-0.2, 0) is 0 Å². The Bertz CT molecular complexity index is 304. The van der Waals surface area contributed by atoms with E-state index in [0.29, 0.717) is 10.0 Å². The van der Waals surface area contributed by atoms with Crippen LogP contribution in [0.1, 0.15) is 18.5 Å². The van der Waals surface area contributed by atoms with Crippen LogP contribution < -0.4 is 5.73 Å². The van der Waals surface area contributed by atoms with Gasteiger partial charge < -0.3 is 10.8 Å². The molecule has 72 valence electrons. The highest BCUT2D eigenvalue weighted by Gasteiger charge is 2.15. The minimum absolute atomic E-state index is 0.352. The highest BCUT2D eigenvalue weighted by molar-refractivity contribution is 9.10. The summed E-state index contributed by atoms with van der Waals surface area (Å²) in [6, 6.07) is 3.67. The highest BCUT2D eigenvalue weighted by atomic mass is 79.9. The van der Waals surface area contributed by atoms with E-state index in [9.17, 15) is 9.50 Å². The molecule has 0 saturated carbocycles. The average Bonchev–Trinajstić information content (AvgIpc) is 2.08. The Balaban J connectivity index is 3.05. The van der Waals surface area contributed by atoms with Gasteiger partial charge in [0.25, 0.3) is 0 Å². The van der Waals surface area contributed by atoms with Crippen molar-refractivity contribution >= 4 is 15.9 Å². The Kier molecular flexibility index (Phi) is 3.41. The first-order chi connectivity index (χ1) is 6.02. The van der Waals surface area contributed by atoms with Crippen LogP contribution in [-0.4, -0.2) is 11.2 Å². The second-order valence-electron chi connectivity index (χ2n) is 2.93. The number of benzene rings is 1. The Hall–Kier alpha value is -0.450. The quantitative estimate of drug-likeness (QED) is 0.840. The second kappa shape index (κ2) is 4.17. The molecule has 1 unspecified atom stereocenters. The van der Waals surface area contributed by atoms with Gasteiger partial charge in [-0.25, -0.2) is 4.39 Å². The van der Waals surface area contributed by atoms with Gasteiger partial charge in [-0.2, -0.15) is 0 Å². The van der Waals surface area contributed by atoms with Crippen LogP contribution in [0.5, 0.6) is 0 Å². The molecular weight excluding hydrogens is 237 g/mol. The van der Waals surface area contributed by atoms with E-state index in [0.717, 1.165) is 0 Å². The minimum atomic E-state index is -0.696. The third kappa shape index (κ3) is 2.49. The summed E-state index contributed by atoms with van der Waals surface area (Å²) >= 11 is 3.24. The van der Waals surface area contributed by atoms with E-state index in [2.05, 4.69) is 15.9 Å². The lowest BCUT2D eigenvalue weighted by atomic mass is 10.0. The summed E-state index contributed by atoms with van der Waals surface area (Å²) < 4.78 is 13.5. The molecule has 2 atom stereocenters. The number of aliphatic hydroxyl groups excluding tert-OH is 1. The van der Waals surface area contributed by atoms with Crippen LogP contribution in [0.4, 0.5) is 4.39 Å². The molecule has 0 aromatic heterocycles. The van der Waals surface area contributed by atoms with E-state index >= 15 is 0 Å². The van der Waals surface area contributed by atoms with E-state index < -0.39 is 12.1 Å². The molecule has 0 aliphatic carbocycles. The van der Waals surface area contributed by atoms with Crippen LogP contribution >= 0.6 is 15.9 Å². The Labute approximate surface area is 84.7 Å². The van der Waals surface area contributed by atoms with E-state index in [-0.39, 0.29) is 5.82 Å². The van der Waals surface area contributed by atoms with Gasteiger partial charge in [-0.15, -0.1) is 0 Å². The molecule has 0 aliphatic heterocycles. The Morgan fingerprint density at radius 3 is 2.69 bits per heavy atom. The van der Waals surface area contributed by atoms with Gasteiger partial charge in [0.05, 0.1) is 12.1 Å². The molecule has 4 heteroatoms. The maximum Gasteiger partial charge on any atom is 0.123 e. The van der Waals surface area contributed by atoms with E-state index in [1.165, 1.54) is 12.1 Å². The summed E-state index contributed by atoms with van der Waals surface area (Å²) in [7, 11) is 0. The van der Waals surface area contributed by atoms with Crippen molar-refractivity contribution in [2.45, 2.75) is 19.1 Å². The van der Waals surface area contributed by atoms with Gasteiger partial charge in [-0.1, -0.05) is 15.9 Å². The van der Waals surface area contributed by atoms with Crippen molar-refractivity contribution in [2.24, 2.45) is 5.73 Å². The molecule has 2 nitrogen and oxygen atoms in total. The van der Waals surface area contributed by atoms with Crippen molar-refractivity contribution in [3.8, 4) is 0 Å². The fourth-order valence-electron chi connectivity index (χ4n) is 1.03. The molecule has 0 saturated heterocycles. The van der Waals surface area contributed by atoms with Gasteiger partial charge in [-0.3, -0.25) is 0 Å². The molecule has 0 amide bonds. The number of rotatable bonds is 2. The highest BCUT2D eigenvalue weighted by Crippen LogP contribution is 2.24. The van der Waals surface area contributed by atoms with Crippen molar-refractivity contribution in [2.75, 3.05) is 0 Å². The third-order valence-corrected chi connectivity index (χ3v) is 2.56. The second-order valence-corrected chi connectivity index (χ2v) is 3.79. The smallest absolute Gasteiger partial charge is 0.123 e.